The SMILES string of the molecule is Cc1cccc(OC(C)C(=O)N2CC(O)C2)c1. The monoisotopic (exact) mass is 235 g/mol. The van der Waals surface area contributed by atoms with Gasteiger partial charge in [-0.05, 0) is 31.5 Å². The molecule has 0 bridgehead atoms. The second kappa shape index (κ2) is 4.75. The van der Waals surface area contributed by atoms with Gasteiger partial charge in [0.1, 0.15) is 5.75 Å². The summed E-state index contributed by atoms with van der Waals surface area (Å²) in [5.41, 5.74) is 1.10. The molecule has 1 amide bonds. The molecule has 1 atom stereocenters. The Hall–Kier alpha value is -1.55. The second-order valence-corrected chi connectivity index (χ2v) is 4.47. The summed E-state index contributed by atoms with van der Waals surface area (Å²) in [6, 6.07) is 7.61. The van der Waals surface area contributed by atoms with Gasteiger partial charge in [-0.25, -0.2) is 0 Å². The Balaban J connectivity index is 1.92. The number of amides is 1. The molecule has 4 nitrogen and oxygen atoms in total. The van der Waals surface area contributed by atoms with Crippen molar-refractivity contribution in [3.05, 3.63) is 29.8 Å². The van der Waals surface area contributed by atoms with Gasteiger partial charge in [-0.15, -0.1) is 0 Å². The number of benzene rings is 1. The number of aliphatic hydroxyl groups is 1. The van der Waals surface area contributed by atoms with Crippen molar-refractivity contribution >= 4 is 5.91 Å². The maximum atomic E-state index is 11.8. The van der Waals surface area contributed by atoms with Crippen molar-refractivity contribution in [1.29, 1.82) is 0 Å². The van der Waals surface area contributed by atoms with Crippen LogP contribution in [-0.4, -0.2) is 41.2 Å². The van der Waals surface area contributed by atoms with Gasteiger partial charge in [0.25, 0.3) is 5.91 Å². The number of carbonyl (C=O) groups excluding carboxylic acids is 1. The molecular weight excluding hydrogens is 218 g/mol. The van der Waals surface area contributed by atoms with E-state index in [1.54, 1.807) is 11.8 Å². The van der Waals surface area contributed by atoms with Crippen LogP contribution in [0.1, 0.15) is 12.5 Å². The zero-order valence-corrected chi connectivity index (χ0v) is 10.1. The summed E-state index contributed by atoms with van der Waals surface area (Å²) in [6.07, 6.45) is -0.880. The van der Waals surface area contributed by atoms with Crippen molar-refractivity contribution in [2.75, 3.05) is 13.1 Å². The predicted octanol–water partition coefficient (Wildman–Crippen LogP) is 0.965. The first-order valence-electron chi connectivity index (χ1n) is 5.76. The normalized spacial score (nSPS) is 17.5. The van der Waals surface area contributed by atoms with Crippen molar-refractivity contribution in [1.82, 2.24) is 4.90 Å². The Morgan fingerprint density at radius 2 is 2.24 bits per heavy atom. The van der Waals surface area contributed by atoms with E-state index in [-0.39, 0.29) is 12.0 Å². The first-order valence-corrected chi connectivity index (χ1v) is 5.76. The number of aryl methyl sites for hydroxylation is 1. The van der Waals surface area contributed by atoms with E-state index in [2.05, 4.69) is 0 Å². The first kappa shape index (κ1) is 11.9. The quantitative estimate of drug-likeness (QED) is 0.849. The Bertz CT molecular complexity index is 413. The highest BCUT2D eigenvalue weighted by atomic mass is 16.5. The van der Waals surface area contributed by atoms with Gasteiger partial charge in [0.15, 0.2) is 6.10 Å². The molecule has 0 spiro atoms. The fraction of sp³-hybridized carbons (Fsp3) is 0.462. The molecule has 1 fully saturated rings. The molecule has 0 radical (unpaired) electrons. The van der Waals surface area contributed by atoms with Gasteiger partial charge in [0.05, 0.1) is 6.10 Å². The lowest BCUT2D eigenvalue weighted by Gasteiger charge is -2.37. The molecule has 0 aliphatic carbocycles. The van der Waals surface area contributed by atoms with E-state index >= 15 is 0 Å². The summed E-state index contributed by atoms with van der Waals surface area (Å²) in [4.78, 5) is 13.5. The fourth-order valence-electron chi connectivity index (χ4n) is 1.84. The minimum atomic E-state index is -0.510. The van der Waals surface area contributed by atoms with Crippen LogP contribution in [-0.2, 0) is 4.79 Å². The van der Waals surface area contributed by atoms with Crippen LogP contribution >= 0.6 is 0 Å². The molecule has 0 saturated carbocycles. The van der Waals surface area contributed by atoms with E-state index in [1.165, 1.54) is 0 Å². The summed E-state index contributed by atoms with van der Waals surface area (Å²) in [7, 11) is 0. The summed E-state index contributed by atoms with van der Waals surface area (Å²) in [5.74, 6) is 0.628. The minimum Gasteiger partial charge on any atom is -0.481 e. The minimum absolute atomic E-state index is 0.0724. The van der Waals surface area contributed by atoms with Gasteiger partial charge in [-0.2, -0.15) is 0 Å². The number of aliphatic hydroxyl groups excluding tert-OH is 1. The molecule has 1 saturated heterocycles. The van der Waals surface area contributed by atoms with Gasteiger partial charge in [-0.1, -0.05) is 12.1 Å². The van der Waals surface area contributed by atoms with E-state index < -0.39 is 6.10 Å². The lowest BCUT2D eigenvalue weighted by Crippen LogP contribution is -2.56. The molecule has 1 heterocycles. The molecular formula is C13H17NO3. The smallest absolute Gasteiger partial charge is 0.263 e. The number of ether oxygens (including phenoxy) is 1. The van der Waals surface area contributed by atoms with Crippen LogP contribution in [0, 0.1) is 6.92 Å². The Labute approximate surface area is 101 Å². The number of hydrogen-bond acceptors (Lipinski definition) is 3. The highest BCUT2D eigenvalue weighted by molar-refractivity contribution is 5.81. The summed E-state index contributed by atoms with van der Waals surface area (Å²) >= 11 is 0. The van der Waals surface area contributed by atoms with E-state index in [4.69, 9.17) is 9.84 Å². The molecule has 1 aliphatic heterocycles. The van der Waals surface area contributed by atoms with E-state index in [9.17, 15) is 4.79 Å². The van der Waals surface area contributed by atoms with Gasteiger partial charge in [0.2, 0.25) is 0 Å². The molecule has 4 heteroatoms. The summed E-state index contributed by atoms with van der Waals surface area (Å²) in [6.45, 7) is 4.54. The van der Waals surface area contributed by atoms with Crippen LogP contribution in [0.4, 0.5) is 0 Å². The number of hydrogen-bond donors (Lipinski definition) is 1. The average Bonchev–Trinajstić information content (AvgIpc) is 2.24. The van der Waals surface area contributed by atoms with Crippen molar-refractivity contribution < 1.29 is 14.6 Å². The summed E-state index contributed by atoms with van der Waals surface area (Å²) < 4.78 is 5.58. The molecule has 1 unspecified atom stereocenters. The number of rotatable bonds is 3. The fourth-order valence-corrected chi connectivity index (χ4v) is 1.84. The van der Waals surface area contributed by atoms with Crippen LogP contribution in [0.2, 0.25) is 0 Å². The predicted molar refractivity (Wildman–Crippen MR) is 63.9 cm³/mol. The van der Waals surface area contributed by atoms with E-state index in [0.717, 1.165) is 5.56 Å². The number of carbonyl (C=O) groups is 1. The lowest BCUT2D eigenvalue weighted by molar-refractivity contribution is -0.148. The molecule has 2 rings (SSSR count). The van der Waals surface area contributed by atoms with Crippen LogP contribution in [0.15, 0.2) is 24.3 Å². The van der Waals surface area contributed by atoms with Gasteiger partial charge in [0, 0.05) is 13.1 Å². The number of likely N-dealkylation sites (tertiary alicyclic amines) is 1. The van der Waals surface area contributed by atoms with Crippen molar-refractivity contribution in [2.24, 2.45) is 0 Å². The second-order valence-electron chi connectivity index (χ2n) is 4.47. The average molecular weight is 235 g/mol. The first-order chi connectivity index (χ1) is 8.06. The van der Waals surface area contributed by atoms with Gasteiger partial charge < -0.3 is 14.7 Å². The van der Waals surface area contributed by atoms with Crippen molar-refractivity contribution in [3.8, 4) is 5.75 Å². The molecule has 0 aromatic heterocycles. The molecule has 1 aromatic rings. The highest BCUT2D eigenvalue weighted by Crippen LogP contribution is 2.16. The summed E-state index contributed by atoms with van der Waals surface area (Å²) in [5, 5.41) is 9.14. The van der Waals surface area contributed by atoms with Crippen molar-refractivity contribution in [3.63, 3.8) is 0 Å². The van der Waals surface area contributed by atoms with Crippen LogP contribution < -0.4 is 4.74 Å². The topological polar surface area (TPSA) is 49.8 Å². The van der Waals surface area contributed by atoms with Crippen LogP contribution in [0.5, 0.6) is 5.75 Å². The third-order valence-corrected chi connectivity index (χ3v) is 2.82. The Morgan fingerprint density at radius 3 is 2.82 bits per heavy atom. The highest BCUT2D eigenvalue weighted by Gasteiger charge is 2.32. The zero-order chi connectivity index (χ0) is 12.4. The van der Waals surface area contributed by atoms with Crippen molar-refractivity contribution in [2.45, 2.75) is 26.1 Å². The van der Waals surface area contributed by atoms with Crippen LogP contribution in [0.3, 0.4) is 0 Å². The number of β-amino-alcohol motifs (C(OH)–C–C–N with tert-alkyl or cyclic N) is 1. The number of nitrogens with zero attached hydrogens (tertiary/aromatic N) is 1. The van der Waals surface area contributed by atoms with Crippen LogP contribution in [0.25, 0.3) is 0 Å². The Morgan fingerprint density at radius 1 is 1.53 bits per heavy atom. The van der Waals surface area contributed by atoms with Gasteiger partial charge >= 0.3 is 0 Å². The largest absolute Gasteiger partial charge is 0.481 e. The lowest BCUT2D eigenvalue weighted by atomic mass is 10.1. The molecule has 1 aromatic carbocycles. The zero-order valence-electron chi connectivity index (χ0n) is 10.1. The molecule has 17 heavy (non-hydrogen) atoms. The van der Waals surface area contributed by atoms with E-state index in [0.29, 0.717) is 18.8 Å². The molecule has 1 aliphatic rings. The standard InChI is InChI=1S/C13H17NO3/c1-9-4-3-5-12(6-9)17-10(2)13(16)14-7-11(15)8-14/h3-6,10-11,15H,7-8H2,1-2H3. The van der Waals surface area contributed by atoms with E-state index in [1.807, 2.05) is 31.2 Å². The maximum Gasteiger partial charge on any atom is 0.263 e. The Kier molecular flexibility index (Phi) is 3.33. The molecule has 1 N–H and O–H groups in total. The molecule has 92 valence electrons. The third-order valence-electron chi connectivity index (χ3n) is 2.82. The van der Waals surface area contributed by atoms with Gasteiger partial charge in [-0.3, -0.25) is 4.79 Å². The maximum absolute atomic E-state index is 11.8. The third kappa shape index (κ3) is 2.77.